The van der Waals surface area contributed by atoms with E-state index < -0.39 is 0 Å². The molecule has 0 saturated carbocycles. The fraction of sp³-hybridized carbons (Fsp3) is 0.395. The van der Waals surface area contributed by atoms with E-state index in [2.05, 4.69) is 23.8 Å². The first-order valence-corrected chi connectivity index (χ1v) is 16.8. The molecule has 0 fully saturated rings. The van der Waals surface area contributed by atoms with Crippen LogP contribution in [0.4, 0.5) is 0 Å². The first-order chi connectivity index (χ1) is 25.0. The van der Waals surface area contributed by atoms with Crippen LogP contribution in [0.2, 0.25) is 0 Å². The Bertz CT molecular complexity index is 1350. The van der Waals surface area contributed by atoms with Crippen LogP contribution in [0, 0.1) is 0 Å². The number of nitrogens with one attached hydrogen (secondary N) is 2. The van der Waals surface area contributed by atoms with Crippen LogP contribution in [-0.4, -0.2) is 104 Å². The molecule has 1 heterocycles. The van der Waals surface area contributed by atoms with Gasteiger partial charge in [0.05, 0.1) is 65.9 Å². The molecule has 0 aliphatic carbocycles. The molecule has 13 heteroatoms. The van der Waals surface area contributed by atoms with Gasteiger partial charge < -0.3 is 48.5 Å². The molecule has 2 aromatic carbocycles. The quantitative estimate of drug-likeness (QED) is 0.0657. The van der Waals surface area contributed by atoms with Gasteiger partial charge in [0.1, 0.15) is 67.6 Å². The lowest BCUT2D eigenvalue weighted by atomic mass is 10.2. The van der Waals surface area contributed by atoms with E-state index in [1.807, 2.05) is 0 Å². The summed E-state index contributed by atoms with van der Waals surface area (Å²) < 4.78 is 45.9. The molecule has 0 bridgehead atoms. The lowest BCUT2D eigenvalue weighted by molar-refractivity contribution is -0.671. The maximum absolute atomic E-state index is 12.8. The lowest BCUT2D eigenvalue weighted by Gasteiger charge is -2.10. The molecular weight excluding hydrogens is 658 g/mol. The highest BCUT2D eigenvalue weighted by Gasteiger charge is 2.16. The maximum Gasteiger partial charge on any atom is 0.257 e. The molecule has 2 amide bonds. The summed E-state index contributed by atoms with van der Waals surface area (Å²) in [6.45, 7) is 13.0. The molecule has 51 heavy (non-hydrogen) atoms. The van der Waals surface area contributed by atoms with Gasteiger partial charge in [-0.3, -0.25) is 9.59 Å². The Kier molecular flexibility index (Phi) is 19.9. The number of hydrogen-bond donors (Lipinski definition) is 2. The third-order valence-corrected chi connectivity index (χ3v) is 6.69. The van der Waals surface area contributed by atoms with E-state index in [4.69, 9.17) is 37.9 Å². The summed E-state index contributed by atoms with van der Waals surface area (Å²) in [7, 11) is 1.75. The lowest BCUT2D eigenvalue weighted by Crippen LogP contribution is -2.36. The second kappa shape index (κ2) is 25.1. The van der Waals surface area contributed by atoms with Crippen LogP contribution in [0.15, 0.2) is 92.3 Å². The standard InChI is InChI=1S/C38H49N3O10/c1-4-16-44-20-22-46-24-26-50-35-10-6-33(7-11-35)48-18-14-39-37(42)31-28-32(30-41(3)29-31)38(43)40-15-19-49-34-8-12-36(13-9-34)51-27-25-47-23-21-45-17-5-2/h4-13,28-30H,1-2,14-27H2,3H3,(H-,39,40,42,43)/p+1. The average molecular weight is 709 g/mol. The number of nitrogens with zero attached hydrogens (tertiary/aromatic N) is 1. The summed E-state index contributed by atoms with van der Waals surface area (Å²) in [6.07, 6.45) is 6.69. The van der Waals surface area contributed by atoms with Gasteiger partial charge in [0.25, 0.3) is 11.8 Å². The van der Waals surface area contributed by atoms with Gasteiger partial charge in [-0.2, -0.15) is 0 Å². The molecule has 2 N–H and O–H groups in total. The van der Waals surface area contributed by atoms with Crippen molar-refractivity contribution in [1.82, 2.24) is 10.6 Å². The highest BCUT2D eigenvalue weighted by molar-refractivity contribution is 5.98. The number of aromatic nitrogens is 1. The molecule has 0 spiro atoms. The first-order valence-electron chi connectivity index (χ1n) is 16.8. The molecule has 3 rings (SSSR count). The summed E-state index contributed by atoms with van der Waals surface area (Å²) in [5.74, 6) is 2.04. The summed E-state index contributed by atoms with van der Waals surface area (Å²) in [4.78, 5) is 25.6. The van der Waals surface area contributed by atoms with E-state index in [0.717, 1.165) is 0 Å². The zero-order chi connectivity index (χ0) is 36.4. The van der Waals surface area contributed by atoms with Crippen LogP contribution >= 0.6 is 0 Å². The van der Waals surface area contributed by atoms with Crippen molar-refractivity contribution in [2.75, 3.05) is 92.4 Å². The van der Waals surface area contributed by atoms with Gasteiger partial charge in [0, 0.05) is 0 Å². The molecule has 1 aromatic heterocycles. The van der Waals surface area contributed by atoms with Crippen LogP contribution in [0.3, 0.4) is 0 Å². The third-order valence-electron chi connectivity index (χ3n) is 6.69. The molecule has 0 aliphatic heterocycles. The molecule has 3 aromatic rings. The predicted molar refractivity (Wildman–Crippen MR) is 191 cm³/mol. The summed E-state index contributed by atoms with van der Waals surface area (Å²) in [5.41, 5.74) is 0.699. The van der Waals surface area contributed by atoms with Gasteiger partial charge in [0.15, 0.2) is 12.4 Å². The summed E-state index contributed by atoms with van der Waals surface area (Å²) in [6, 6.07) is 16.0. The number of carbonyl (C=O) groups excluding carboxylic acids is 2. The Morgan fingerprint density at radius 2 is 0.882 bits per heavy atom. The molecule has 0 unspecified atom stereocenters. The minimum absolute atomic E-state index is 0.262. The van der Waals surface area contributed by atoms with Gasteiger partial charge in [-0.25, -0.2) is 4.57 Å². The molecular formula is C38H50N3O10+. The Morgan fingerprint density at radius 1 is 0.549 bits per heavy atom. The van der Waals surface area contributed by atoms with E-state index in [1.54, 1.807) is 90.8 Å². The number of hydrogen-bond acceptors (Lipinski definition) is 10. The first kappa shape index (κ1) is 40.5. The van der Waals surface area contributed by atoms with E-state index in [9.17, 15) is 9.59 Å². The number of pyridine rings is 1. The molecule has 0 aliphatic rings. The normalized spacial score (nSPS) is 10.6. The van der Waals surface area contributed by atoms with Gasteiger partial charge >= 0.3 is 0 Å². The zero-order valence-electron chi connectivity index (χ0n) is 29.3. The van der Waals surface area contributed by atoms with Crippen LogP contribution in [0.1, 0.15) is 20.7 Å². The van der Waals surface area contributed by atoms with E-state index >= 15 is 0 Å². The molecule has 276 valence electrons. The molecule has 0 saturated heterocycles. The molecule has 0 atom stereocenters. The van der Waals surface area contributed by atoms with Crippen molar-refractivity contribution in [1.29, 1.82) is 0 Å². The second-order valence-corrected chi connectivity index (χ2v) is 10.8. The maximum atomic E-state index is 12.8. The van der Waals surface area contributed by atoms with Crippen molar-refractivity contribution < 1.29 is 52.1 Å². The van der Waals surface area contributed by atoms with Crippen molar-refractivity contribution in [3.63, 3.8) is 0 Å². The Labute approximate surface area is 300 Å². The minimum atomic E-state index is -0.320. The number of carbonyl (C=O) groups is 2. The van der Waals surface area contributed by atoms with E-state index in [1.165, 1.54) is 0 Å². The van der Waals surface area contributed by atoms with E-state index in [0.29, 0.717) is 100 Å². The number of benzene rings is 2. The highest BCUT2D eigenvalue weighted by atomic mass is 16.5. The van der Waals surface area contributed by atoms with Crippen LogP contribution in [0.25, 0.3) is 0 Å². The van der Waals surface area contributed by atoms with Crippen LogP contribution in [-0.2, 0) is 26.0 Å². The highest BCUT2D eigenvalue weighted by Crippen LogP contribution is 2.18. The number of amides is 2. The fourth-order valence-corrected chi connectivity index (χ4v) is 4.31. The van der Waals surface area contributed by atoms with E-state index in [-0.39, 0.29) is 38.1 Å². The molecule has 0 radical (unpaired) electrons. The topological polar surface area (TPSA) is 136 Å². The zero-order valence-corrected chi connectivity index (χ0v) is 29.3. The largest absolute Gasteiger partial charge is 0.492 e. The van der Waals surface area contributed by atoms with Crippen molar-refractivity contribution >= 4 is 11.8 Å². The Morgan fingerprint density at radius 3 is 1.25 bits per heavy atom. The fourth-order valence-electron chi connectivity index (χ4n) is 4.31. The summed E-state index contributed by atoms with van der Waals surface area (Å²) >= 11 is 0. The van der Waals surface area contributed by atoms with Crippen molar-refractivity contribution in [3.05, 3.63) is 103 Å². The van der Waals surface area contributed by atoms with Crippen molar-refractivity contribution in [2.24, 2.45) is 7.05 Å². The Balaban J connectivity index is 1.29. The van der Waals surface area contributed by atoms with Crippen molar-refractivity contribution in [3.8, 4) is 23.0 Å². The second-order valence-electron chi connectivity index (χ2n) is 10.8. The third kappa shape index (κ3) is 17.5. The number of aryl methyl sites for hydroxylation is 1. The average Bonchev–Trinajstić information content (AvgIpc) is 3.14. The van der Waals surface area contributed by atoms with Crippen LogP contribution in [0.5, 0.6) is 23.0 Å². The Hall–Kier alpha value is -4.95. The van der Waals surface area contributed by atoms with Crippen LogP contribution < -0.4 is 34.1 Å². The SMILES string of the molecule is C=CCOCCOCCOc1ccc(OCCNC(=O)c2cc(C(=O)NCCOc3ccc(OCCOCCOCC=C)cc3)c[n+](C)c2)cc1. The number of ether oxygens (including phenoxy) is 8. The summed E-state index contributed by atoms with van der Waals surface area (Å²) in [5, 5.41) is 5.65. The molecule has 13 nitrogen and oxygen atoms in total. The van der Waals surface area contributed by atoms with Gasteiger partial charge in [0.2, 0.25) is 0 Å². The smallest absolute Gasteiger partial charge is 0.257 e. The van der Waals surface area contributed by atoms with Gasteiger partial charge in [-0.1, -0.05) is 12.2 Å². The van der Waals surface area contributed by atoms with Gasteiger partial charge in [-0.15, -0.1) is 13.2 Å². The van der Waals surface area contributed by atoms with Crippen molar-refractivity contribution in [2.45, 2.75) is 0 Å². The number of rotatable bonds is 28. The minimum Gasteiger partial charge on any atom is -0.492 e. The van der Waals surface area contributed by atoms with Gasteiger partial charge in [-0.05, 0) is 54.6 Å². The monoisotopic (exact) mass is 708 g/mol. The predicted octanol–water partition coefficient (Wildman–Crippen LogP) is 3.32.